The van der Waals surface area contributed by atoms with Gasteiger partial charge in [0.05, 0.1) is 37.1 Å². The number of benzene rings is 1. The molecule has 0 spiro atoms. The van der Waals surface area contributed by atoms with Crippen molar-refractivity contribution >= 4 is 46.0 Å². The Hall–Kier alpha value is -2.81. The van der Waals surface area contributed by atoms with Crippen molar-refractivity contribution in [2.45, 2.75) is 6.54 Å². The van der Waals surface area contributed by atoms with Gasteiger partial charge in [-0.05, 0) is 12.1 Å². The quantitative estimate of drug-likeness (QED) is 0.427. The van der Waals surface area contributed by atoms with Gasteiger partial charge in [-0.25, -0.2) is 15.0 Å². The summed E-state index contributed by atoms with van der Waals surface area (Å²) in [5, 5.41) is 8.96. The average Bonchev–Trinajstić information content (AvgIpc) is 3.21. The number of halogens is 3. The van der Waals surface area contributed by atoms with Crippen molar-refractivity contribution in [1.29, 1.82) is 5.41 Å². The predicted molar refractivity (Wildman–Crippen MR) is 115 cm³/mol. The number of aromatic amines is 1. The van der Waals surface area contributed by atoms with Crippen LogP contribution in [0.1, 0.15) is 5.56 Å². The van der Waals surface area contributed by atoms with Crippen LogP contribution in [0.15, 0.2) is 30.7 Å². The molecule has 3 heterocycles. The molecule has 0 aliphatic carbocycles. The highest BCUT2D eigenvalue weighted by molar-refractivity contribution is 6.43. The lowest BCUT2D eigenvalue weighted by Crippen LogP contribution is -2.13. The summed E-state index contributed by atoms with van der Waals surface area (Å²) in [4.78, 5) is 15.9. The summed E-state index contributed by atoms with van der Waals surface area (Å²) in [5.74, 6) is 1.62. The predicted octanol–water partition coefficient (Wildman–Crippen LogP) is 4.33. The van der Waals surface area contributed by atoms with Crippen molar-refractivity contribution in [3.05, 3.63) is 57.0 Å². The van der Waals surface area contributed by atoms with Crippen LogP contribution in [0.3, 0.4) is 0 Å². The van der Waals surface area contributed by atoms with Crippen LogP contribution in [-0.4, -0.2) is 38.7 Å². The number of imidazole rings is 1. The number of aromatic nitrogens is 5. The van der Waals surface area contributed by atoms with E-state index < -0.39 is 0 Å². The maximum atomic E-state index is 8.19. The molecule has 0 fully saturated rings. The van der Waals surface area contributed by atoms with Crippen LogP contribution in [0.4, 0.5) is 0 Å². The number of hydrogen-bond acceptors (Lipinski definition) is 6. The van der Waals surface area contributed by atoms with Crippen molar-refractivity contribution in [1.82, 2.24) is 24.5 Å². The van der Waals surface area contributed by atoms with Crippen molar-refractivity contribution in [3.63, 3.8) is 0 Å². The fraction of sp³-hybridized carbons (Fsp3) is 0.158. The van der Waals surface area contributed by atoms with E-state index >= 15 is 0 Å². The molecule has 3 aromatic heterocycles. The number of hydrogen-bond donors (Lipinski definition) is 2. The molecule has 0 saturated heterocycles. The highest BCUT2D eigenvalue weighted by Crippen LogP contribution is 2.37. The first-order valence-electron chi connectivity index (χ1n) is 8.64. The molecule has 154 valence electrons. The Balaban J connectivity index is 1.91. The normalized spacial score (nSPS) is 11.1. The standard InChI is InChI=1S/C19H15Cl3N6O2/c1-29-11-4-3-5-12(30-2)13(11)18-26-15-17(23)25-8-28(19(15)27-18)7-9-10(20)6-24-16(22)14(9)21/h3-6,8,23H,7H2,1-2H3,(H,26,27). The van der Waals surface area contributed by atoms with E-state index in [2.05, 4.69) is 15.0 Å². The maximum Gasteiger partial charge on any atom is 0.173 e. The summed E-state index contributed by atoms with van der Waals surface area (Å²) in [6, 6.07) is 5.42. The molecule has 0 aliphatic rings. The molecule has 8 nitrogen and oxygen atoms in total. The number of methoxy groups -OCH3 is 2. The zero-order valence-corrected chi connectivity index (χ0v) is 18.1. The van der Waals surface area contributed by atoms with Crippen molar-refractivity contribution in [2.24, 2.45) is 0 Å². The van der Waals surface area contributed by atoms with Gasteiger partial charge in [-0.1, -0.05) is 40.9 Å². The van der Waals surface area contributed by atoms with Gasteiger partial charge in [-0.3, -0.25) is 5.41 Å². The lowest BCUT2D eigenvalue weighted by Gasteiger charge is -2.11. The number of nitrogens with one attached hydrogen (secondary N) is 2. The second-order valence-electron chi connectivity index (χ2n) is 6.23. The monoisotopic (exact) mass is 464 g/mol. The summed E-state index contributed by atoms with van der Waals surface area (Å²) < 4.78 is 12.7. The zero-order valence-electron chi connectivity index (χ0n) is 15.8. The molecule has 0 aliphatic heterocycles. The maximum absolute atomic E-state index is 8.19. The van der Waals surface area contributed by atoms with Crippen molar-refractivity contribution < 1.29 is 9.47 Å². The van der Waals surface area contributed by atoms with Gasteiger partial charge in [0.1, 0.15) is 33.6 Å². The van der Waals surface area contributed by atoms with Gasteiger partial charge < -0.3 is 19.0 Å². The number of H-pyrrole nitrogens is 1. The van der Waals surface area contributed by atoms with Crippen LogP contribution in [0.2, 0.25) is 15.2 Å². The van der Waals surface area contributed by atoms with Gasteiger partial charge in [0.2, 0.25) is 0 Å². The Bertz CT molecular complexity index is 1300. The van der Waals surface area contributed by atoms with Gasteiger partial charge in [-0.2, -0.15) is 0 Å². The Morgan fingerprint density at radius 1 is 1.10 bits per heavy atom. The van der Waals surface area contributed by atoms with E-state index in [1.54, 1.807) is 30.9 Å². The summed E-state index contributed by atoms with van der Waals surface area (Å²) >= 11 is 18.6. The summed E-state index contributed by atoms with van der Waals surface area (Å²) in [5.41, 5.74) is 2.17. The molecule has 0 atom stereocenters. The first kappa shape index (κ1) is 20.5. The summed E-state index contributed by atoms with van der Waals surface area (Å²) in [7, 11) is 3.13. The molecule has 2 N–H and O–H groups in total. The minimum Gasteiger partial charge on any atom is -0.496 e. The smallest absolute Gasteiger partial charge is 0.173 e. The van der Waals surface area contributed by atoms with Crippen LogP contribution < -0.4 is 15.0 Å². The van der Waals surface area contributed by atoms with E-state index in [0.717, 1.165) is 0 Å². The van der Waals surface area contributed by atoms with Gasteiger partial charge in [0.25, 0.3) is 0 Å². The van der Waals surface area contributed by atoms with Gasteiger partial charge in [0, 0.05) is 11.8 Å². The summed E-state index contributed by atoms with van der Waals surface area (Å²) in [6.45, 7) is 0.233. The van der Waals surface area contributed by atoms with E-state index in [0.29, 0.717) is 44.6 Å². The number of rotatable bonds is 5. The third kappa shape index (κ3) is 3.47. The van der Waals surface area contributed by atoms with E-state index in [-0.39, 0.29) is 22.2 Å². The molecule has 0 bridgehead atoms. The lowest BCUT2D eigenvalue weighted by molar-refractivity contribution is 0.397. The number of nitrogens with zero attached hydrogens (tertiary/aromatic N) is 4. The largest absolute Gasteiger partial charge is 0.496 e. The van der Waals surface area contributed by atoms with Crippen LogP contribution in [0, 0.1) is 5.41 Å². The van der Waals surface area contributed by atoms with E-state index in [1.165, 1.54) is 12.5 Å². The fourth-order valence-corrected chi connectivity index (χ4v) is 3.72. The first-order valence-corrected chi connectivity index (χ1v) is 9.77. The Labute approximate surface area is 185 Å². The van der Waals surface area contributed by atoms with Crippen LogP contribution in [0.5, 0.6) is 11.5 Å². The molecule has 30 heavy (non-hydrogen) atoms. The van der Waals surface area contributed by atoms with Gasteiger partial charge in [0.15, 0.2) is 11.1 Å². The highest BCUT2D eigenvalue weighted by atomic mass is 35.5. The number of ether oxygens (including phenoxy) is 2. The topological polar surface area (TPSA) is 102 Å². The van der Waals surface area contributed by atoms with E-state index in [9.17, 15) is 0 Å². The minimum absolute atomic E-state index is 0.0406. The third-order valence-corrected chi connectivity index (χ3v) is 5.65. The lowest BCUT2D eigenvalue weighted by atomic mass is 10.1. The molecule has 0 unspecified atom stereocenters. The SMILES string of the molecule is COc1cccc(OC)c1-c1nc2c([nH]1)c(=N)ncn2Cc1c(Cl)cnc(Cl)c1Cl. The molecule has 4 aromatic rings. The number of pyridine rings is 1. The van der Waals surface area contributed by atoms with Crippen LogP contribution >= 0.6 is 34.8 Å². The molecule has 1 aromatic carbocycles. The molecule has 0 saturated carbocycles. The van der Waals surface area contributed by atoms with E-state index in [1.807, 2.05) is 6.07 Å². The Morgan fingerprint density at radius 2 is 1.80 bits per heavy atom. The van der Waals surface area contributed by atoms with Gasteiger partial charge in [-0.15, -0.1) is 0 Å². The third-order valence-electron chi connectivity index (χ3n) is 4.54. The van der Waals surface area contributed by atoms with Crippen LogP contribution in [-0.2, 0) is 6.54 Å². The van der Waals surface area contributed by atoms with Gasteiger partial charge >= 0.3 is 0 Å². The second kappa shape index (κ2) is 8.14. The molecular formula is C19H15Cl3N6O2. The fourth-order valence-electron chi connectivity index (χ4n) is 3.09. The number of fused-ring (bicyclic) bond motifs is 1. The molecular weight excluding hydrogens is 451 g/mol. The second-order valence-corrected chi connectivity index (χ2v) is 7.38. The van der Waals surface area contributed by atoms with Crippen LogP contribution in [0.25, 0.3) is 22.6 Å². The average molecular weight is 466 g/mol. The molecule has 11 heteroatoms. The Kier molecular flexibility index (Phi) is 5.55. The van der Waals surface area contributed by atoms with Crippen molar-refractivity contribution in [2.75, 3.05) is 14.2 Å². The first-order chi connectivity index (χ1) is 14.4. The highest BCUT2D eigenvalue weighted by Gasteiger charge is 2.19. The summed E-state index contributed by atoms with van der Waals surface area (Å²) in [6.07, 6.45) is 2.93. The molecule has 4 rings (SSSR count). The molecule has 0 amide bonds. The zero-order chi connectivity index (χ0) is 21.4. The van der Waals surface area contributed by atoms with E-state index in [4.69, 9.17) is 54.7 Å². The Morgan fingerprint density at radius 3 is 2.47 bits per heavy atom. The van der Waals surface area contributed by atoms with Crippen molar-refractivity contribution in [3.8, 4) is 22.9 Å². The minimum atomic E-state index is 0.0406. The molecule has 0 radical (unpaired) electrons.